The van der Waals surface area contributed by atoms with Crippen LogP contribution in [-0.4, -0.2) is 29.8 Å². The SMILES string of the molecule is CCC(CC)CN(CC)CC1Cc2ccccc2S1. The molecule has 0 radical (unpaired) electrons. The Labute approximate surface area is 122 Å². The Bertz CT molecular complexity index is 362. The zero-order valence-corrected chi connectivity index (χ0v) is 13.4. The number of hydrogen-bond donors (Lipinski definition) is 0. The Morgan fingerprint density at radius 1 is 1.21 bits per heavy atom. The van der Waals surface area contributed by atoms with Gasteiger partial charge in [-0.2, -0.15) is 0 Å². The second kappa shape index (κ2) is 7.35. The molecule has 1 unspecified atom stereocenters. The molecule has 1 aromatic rings. The Hall–Kier alpha value is -0.470. The van der Waals surface area contributed by atoms with Crippen molar-refractivity contribution in [2.24, 2.45) is 5.92 Å². The van der Waals surface area contributed by atoms with E-state index in [9.17, 15) is 0 Å². The van der Waals surface area contributed by atoms with Crippen molar-refractivity contribution in [3.05, 3.63) is 29.8 Å². The van der Waals surface area contributed by atoms with Gasteiger partial charge in [0, 0.05) is 23.2 Å². The molecule has 0 aliphatic carbocycles. The molecule has 1 atom stereocenters. The summed E-state index contributed by atoms with van der Waals surface area (Å²) >= 11 is 2.08. The van der Waals surface area contributed by atoms with Gasteiger partial charge in [0.05, 0.1) is 0 Å². The van der Waals surface area contributed by atoms with Crippen molar-refractivity contribution in [1.82, 2.24) is 4.90 Å². The maximum absolute atomic E-state index is 2.65. The predicted molar refractivity (Wildman–Crippen MR) is 86.0 cm³/mol. The van der Waals surface area contributed by atoms with Crippen LogP contribution in [0, 0.1) is 5.92 Å². The highest BCUT2D eigenvalue weighted by Crippen LogP contribution is 2.37. The standard InChI is InChI=1S/C17H27NS/c1-4-14(5-2)12-18(6-3)13-16-11-15-9-7-8-10-17(15)19-16/h7-10,14,16H,4-6,11-13H2,1-3H3. The minimum absolute atomic E-state index is 0.756. The molecule has 0 saturated carbocycles. The molecule has 0 saturated heterocycles. The van der Waals surface area contributed by atoms with Crippen LogP contribution in [0.15, 0.2) is 29.2 Å². The van der Waals surface area contributed by atoms with Crippen LogP contribution < -0.4 is 0 Å². The number of thioether (sulfide) groups is 1. The maximum atomic E-state index is 2.65. The summed E-state index contributed by atoms with van der Waals surface area (Å²) in [6.07, 6.45) is 3.87. The first-order chi connectivity index (χ1) is 9.26. The first kappa shape index (κ1) is 14.9. The summed E-state index contributed by atoms with van der Waals surface area (Å²) in [5.74, 6) is 0.869. The zero-order chi connectivity index (χ0) is 13.7. The molecule has 106 valence electrons. The first-order valence-electron chi connectivity index (χ1n) is 7.73. The van der Waals surface area contributed by atoms with Crippen molar-refractivity contribution < 1.29 is 0 Å². The minimum Gasteiger partial charge on any atom is -0.302 e. The number of hydrogen-bond acceptors (Lipinski definition) is 2. The molecule has 0 aromatic heterocycles. The summed E-state index contributed by atoms with van der Waals surface area (Å²) < 4.78 is 0. The molecule has 1 aliphatic rings. The molecular weight excluding hydrogens is 250 g/mol. The molecule has 0 spiro atoms. The van der Waals surface area contributed by atoms with E-state index in [2.05, 4.69) is 61.7 Å². The van der Waals surface area contributed by atoms with Crippen molar-refractivity contribution in [3.63, 3.8) is 0 Å². The zero-order valence-electron chi connectivity index (χ0n) is 12.6. The fraction of sp³-hybridized carbons (Fsp3) is 0.647. The quantitative estimate of drug-likeness (QED) is 0.724. The highest BCUT2D eigenvalue weighted by molar-refractivity contribution is 8.00. The lowest BCUT2D eigenvalue weighted by atomic mass is 10.0. The van der Waals surface area contributed by atoms with E-state index in [-0.39, 0.29) is 0 Å². The van der Waals surface area contributed by atoms with Crippen LogP contribution in [0.4, 0.5) is 0 Å². The fourth-order valence-electron chi connectivity index (χ4n) is 2.89. The van der Waals surface area contributed by atoms with Gasteiger partial charge in [0.25, 0.3) is 0 Å². The average Bonchev–Trinajstić information content (AvgIpc) is 2.85. The molecule has 1 nitrogen and oxygen atoms in total. The lowest BCUT2D eigenvalue weighted by molar-refractivity contribution is 0.234. The first-order valence-corrected chi connectivity index (χ1v) is 8.61. The molecule has 0 N–H and O–H groups in total. The van der Waals surface area contributed by atoms with E-state index in [1.807, 2.05) is 0 Å². The van der Waals surface area contributed by atoms with Gasteiger partial charge in [0.2, 0.25) is 0 Å². The second-order valence-electron chi connectivity index (χ2n) is 5.59. The molecule has 1 heterocycles. The summed E-state index contributed by atoms with van der Waals surface area (Å²) in [7, 11) is 0. The van der Waals surface area contributed by atoms with Gasteiger partial charge in [-0.3, -0.25) is 0 Å². The summed E-state index contributed by atoms with van der Waals surface area (Å²) in [6.45, 7) is 10.6. The van der Waals surface area contributed by atoms with Crippen LogP contribution in [-0.2, 0) is 6.42 Å². The molecule has 1 aliphatic heterocycles. The Morgan fingerprint density at radius 3 is 2.58 bits per heavy atom. The lowest BCUT2D eigenvalue weighted by Gasteiger charge is -2.27. The smallest absolute Gasteiger partial charge is 0.0263 e. The minimum atomic E-state index is 0.756. The van der Waals surface area contributed by atoms with Crippen LogP contribution in [0.5, 0.6) is 0 Å². The Kier molecular flexibility index (Phi) is 5.77. The monoisotopic (exact) mass is 277 g/mol. The average molecular weight is 277 g/mol. The predicted octanol–water partition coefficient (Wildman–Crippen LogP) is 4.46. The Balaban J connectivity index is 1.87. The van der Waals surface area contributed by atoms with E-state index >= 15 is 0 Å². The van der Waals surface area contributed by atoms with Gasteiger partial charge in [-0.05, 0) is 30.5 Å². The maximum Gasteiger partial charge on any atom is 0.0263 e. The van der Waals surface area contributed by atoms with Gasteiger partial charge in [0.1, 0.15) is 0 Å². The molecular formula is C17H27NS. The van der Waals surface area contributed by atoms with Gasteiger partial charge in [-0.15, -0.1) is 11.8 Å². The number of benzene rings is 1. The van der Waals surface area contributed by atoms with Crippen LogP contribution in [0.25, 0.3) is 0 Å². The number of rotatable bonds is 7. The molecule has 2 rings (SSSR count). The fourth-order valence-corrected chi connectivity index (χ4v) is 4.26. The summed E-state index contributed by atoms with van der Waals surface area (Å²) in [4.78, 5) is 4.16. The van der Waals surface area contributed by atoms with E-state index in [1.165, 1.54) is 43.8 Å². The van der Waals surface area contributed by atoms with Crippen molar-refractivity contribution in [3.8, 4) is 0 Å². The largest absolute Gasteiger partial charge is 0.302 e. The molecule has 0 amide bonds. The van der Waals surface area contributed by atoms with E-state index < -0.39 is 0 Å². The van der Waals surface area contributed by atoms with Crippen molar-refractivity contribution in [2.75, 3.05) is 19.6 Å². The third-order valence-electron chi connectivity index (χ3n) is 4.29. The van der Waals surface area contributed by atoms with Crippen LogP contribution >= 0.6 is 11.8 Å². The van der Waals surface area contributed by atoms with E-state index in [4.69, 9.17) is 0 Å². The van der Waals surface area contributed by atoms with Gasteiger partial charge >= 0.3 is 0 Å². The third-order valence-corrected chi connectivity index (χ3v) is 5.60. The van der Waals surface area contributed by atoms with Crippen molar-refractivity contribution in [1.29, 1.82) is 0 Å². The normalized spacial score (nSPS) is 18.3. The van der Waals surface area contributed by atoms with Gasteiger partial charge in [-0.25, -0.2) is 0 Å². The summed E-state index contributed by atoms with van der Waals surface area (Å²) in [5.41, 5.74) is 1.55. The summed E-state index contributed by atoms with van der Waals surface area (Å²) in [6, 6.07) is 8.90. The van der Waals surface area contributed by atoms with E-state index in [1.54, 1.807) is 5.56 Å². The van der Waals surface area contributed by atoms with Gasteiger partial charge in [0.15, 0.2) is 0 Å². The van der Waals surface area contributed by atoms with Crippen molar-refractivity contribution >= 4 is 11.8 Å². The topological polar surface area (TPSA) is 3.24 Å². The molecule has 1 aromatic carbocycles. The highest BCUT2D eigenvalue weighted by atomic mass is 32.2. The van der Waals surface area contributed by atoms with Gasteiger partial charge in [-0.1, -0.05) is 51.8 Å². The molecule has 0 bridgehead atoms. The molecule has 19 heavy (non-hydrogen) atoms. The Morgan fingerprint density at radius 2 is 1.95 bits per heavy atom. The second-order valence-corrected chi connectivity index (χ2v) is 6.93. The van der Waals surface area contributed by atoms with Gasteiger partial charge < -0.3 is 4.90 Å². The third kappa shape index (κ3) is 4.00. The molecule has 2 heteroatoms. The van der Waals surface area contributed by atoms with E-state index in [0.717, 1.165) is 11.2 Å². The van der Waals surface area contributed by atoms with Crippen LogP contribution in [0.2, 0.25) is 0 Å². The molecule has 0 fully saturated rings. The van der Waals surface area contributed by atoms with E-state index in [0.29, 0.717) is 0 Å². The number of nitrogens with zero attached hydrogens (tertiary/aromatic N) is 1. The summed E-state index contributed by atoms with van der Waals surface area (Å²) in [5, 5.41) is 0.756. The van der Waals surface area contributed by atoms with Crippen LogP contribution in [0.1, 0.15) is 39.2 Å². The van der Waals surface area contributed by atoms with Crippen LogP contribution in [0.3, 0.4) is 0 Å². The van der Waals surface area contributed by atoms with Crippen molar-refractivity contribution in [2.45, 2.75) is 50.2 Å². The number of fused-ring (bicyclic) bond motifs is 1. The lowest BCUT2D eigenvalue weighted by Crippen LogP contribution is -2.34. The highest BCUT2D eigenvalue weighted by Gasteiger charge is 2.24.